The van der Waals surface area contributed by atoms with E-state index in [1.807, 2.05) is 26.8 Å². The highest BCUT2D eigenvalue weighted by molar-refractivity contribution is 5.67. The second kappa shape index (κ2) is 12.5. The molecular formula is C22H37F2N5O2. The SMILES string of the molecule is CC(C)(C)OC(=O)NCc1cn2ncc(CN)cc2n1.CCC.FC1(F)CCCCC1. The lowest BCUT2D eigenvalue weighted by atomic mass is 9.97. The number of alkyl carbamates (subject to hydrolysis) is 1. The number of nitrogens with two attached hydrogens (primary N) is 1. The minimum Gasteiger partial charge on any atom is -0.444 e. The van der Waals surface area contributed by atoms with Gasteiger partial charge in [0.05, 0.1) is 24.6 Å². The lowest BCUT2D eigenvalue weighted by Crippen LogP contribution is -2.32. The quantitative estimate of drug-likeness (QED) is 0.681. The van der Waals surface area contributed by atoms with Gasteiger partial charge in [0.25, 0.3) is 0 Å². The van der Waals surface area contributed by atoms with E-state index >= 15 is 0 Å². The fraction of sp³-hybridized carbons (Fsp3) is 0.682. The molecule has 3 N–H and O–H groups in total. The molecule has 0 spiro atoms. The first kappa shape index (κ1) is 26.7. The molecule has 1 saturated carbocycles. The van der Waals surface area contributed by atoms with E-state index in [-0.39, 0.29) is 19.4 Å². The van der Waals surface area contributed by atoms with Crippen molar-refractivity contribution in [3.63, 3.8) is 0 Å². The molecule has 0 radical (unpaired) electrons. The van der Waals surface area contributed by atoms with Gasteiger partial charge in [0.15, 0.2) is 5.65 Å². The maximum absolute atomic E-state index is 12.2. The lowest BCUT2D eigenvalue weighted by Gasteiger charge is -2.20. The average Bonchev–Trinajstić information content (AvgIpc) is 3.08. The van der Waals surface area contributed by atoms with Gasteiger partial charge in [-0.2, -0.15) is 5.10 Å². The van der Waals surface area contributed by atoms with Gasteiger partial charge in [-0.05, 0) is 45.2 Å². The van der Waals surface area contributed by atoms with Crippen LogP contribution in [-0.2, 0) is 17.8 Å². The molecule has 2 aromatic rings. The predicted octanol–water partition coefficient (Wildman–Crippen LogP) is 5.21. The topological polar surface area (TPSA) is 94.5 Å². The number of alkyl halides is 2. The lowest BCUT2D eigenvalue weighted by molar-refractivity contribution is -0.0337. The third-order valence-corrected chi connectivity index (χ3v) is 4.06. The van der Waals surface area contributed by atoms with Gasteiger partial charge in [-0.1, -0.05) is 26.7 Å². The number of halogens is 2. The van der Waals surface area contributed by atoms with Gasteiger partial charge < -0.3 is 15.8 Å². The van der Waals surface area contributed by atoms with Gasteiger partial charge in [0.2, 0.25) is 5.92 Å². The van der Waals surface area contributed by atoms with E-state index < -0.39 is 17.6 Å². The highest BCUT2D eigenvalue weighted by Gasteiger charge is 2.30. The number of hydrogen-bond donors (Lipinski definition) is 2. The number of fused-ring (bicyclic) bond motifs is 1. The summed E-state index contributed by atoms with van der Waals surface area (Å²) in [5, 5.41) is 6.84. The molecule has 3 rings (SSSR count). The van der Waals surface area contributed by atoms with Crippen molar-refractivity contribution in [3.8, 4) is 0 Å². The summed E-state index contributed by atoms with van der Waals surface area (Å²) in [6.07, 6.45) is 6.90. The third-order valence-electron chi connectivity index (χ3n) is 4.06. The number of amides is 1. The van der Waals surface area contributed by atoms with Crippen molar-refractivity contribution in [2.24, 2.45) is 5.73 Å². The van der Waals surface area contributed by atoms with Crippen LogP contribution in [0.1, 0.15) is 84.4 Å². The van der Waals surface area contributed by atoms with Crippen molar-refractivity contribution in [1.29, 1.82) is 0 Å². The number of nitrogens with zero attached hydrogens (tertiary/aromatic N) is 3. The molecule has 2 heterocycles. The van der Waals surface area contributed by atoms with Gasteiger partial charge in [-0.3, -0.25) is 0 Å². The van der Waals surface area contributed by atoms with Crippen LogP contribution >= 0.6 is 0 Å². The van der Waals surface area contributed by atoms with Crippen LogP contribution in [0.25, 0.3) is 5.65 Å². The van der Waals surface area contributed by atoms with Gasteiger partial charge in [0.1, 0.15) is 5.60 Å². The number of hydrogen-bond acceptors (Lipinski definition) is 5. The Balaban J connectivity index is 0.000000361. The van der Waals surface area contributed by atoms with E-state index in [1.54, 1.807) is 16.9 Å². The van der Waals surface area contributed by atoms with Crippen molar-refractivity contribution >= 4 is 11.7 Å². The monoisotopic (exact) mass is 441 g/mol. The second-order valence-electron chi connectivity index (χ2n) is 8.58. The van der Waals surface area contributed by atoms with Gasteiger partial charge in [0, 0.05) is 19.4 Å². The molecule has 0 bridgehead atoms. The summed E-state index contributed by atoms with van der Waals surface area (Å²) < 4.78 is 31.2. The van der Waals surface area contributed by atoms with Crippen molar-refractivity contribution in [3.05, 3.63) is 29.7 Å². The van der Waals surface area contributed by atoms with Crippen molar-refractivity contribution in [2.75, 3.05) is 0 Å². The number of imidazole rings is 1. The Hall–Kier alpha value is -2.29. The molecule has 0 aromatic carbocycles. The Morgan fingerprint density at radius 3 is 2.35 bits per heavy atom. The zero-order valence-electron chi connectivity index (χ0n) is 19.4. The highest BCUT2D eigenvalue weighted by atomic mass is 19.3. The normalized spacial score (nSPS) is 15.2. The van der Waals surface area contributed by atoms with Crippen LogP contribution in [0.3, 0.4) is 0 Å². The minimum atomic E-state index is -2.32. The second-order valence-corrected chi connectivity index (χ2v) is 8.58. The zero-order chi connectivity index (χ0) is 23.5. The predicted molar refractivity (Wildman–Crippen MR) is 118 cm³/mol. The maximum atomic E-state index is 12.2. The number of rotatable bonds is 3. The van der Waals surface area contributed by atoms with Gasteiger partial charge in [-0.25, -0.2) is 23.1 Å². The van der Waals surface area contributed by atoms with Crippen LogP contribution in [0.4, 0.5) is 13.6 Å². The molecule has 0 unspecified atom stereocenters. The first-order valence-corrected chi connectivity index (χ1v) is 10.9. The Kier molecular flexibility index (Phi) is 10.8. The van der Waals surface area contributed by atoms with Crippen LogP contribution < -0.4 is 11.1 Å². The van der Waals surface area contributed by atoms with E-state index in [0.717, 1.165) is 12.0 Å². The van der Waals surface area contributed by atoms with E-state index in [9.17, 15) is 13.6 Å². The number of ether oxygens (including phenoxy) is 1. The molecule has 1 aliphatic carbocycles. The van der Waals surface area contributed by atoms with Crippen LogP contribution in [0, 0.1) is 0 Å². The fourth-order valence-corrected chi connectivity index (χ4v) is 2.71. The standard InChI is InChI=1S/C13H19N5O2.C6H10F2.C3H8/c1-13(2,3)20-12(19)15-7-10-8-18-11(17-10)4-9(5-14)6-16-18;7-6(8)4-2-1-3-5-6;1-3-2/h4,6,8H,5,7,14H2,1-3H3,(H,15,19);1-5H2;3H2,1-2H3. The number of carbonyl (C=O) groups excluding carboxylic acids is 1. The minimum absolute atomic E-state index is 0.118. The van der Waals surface area contributed by atoms with E-state index in [0.29, 0.717) is 30.7 Å². The van der Waals surface area contributed by atoms with Crippen LogP contribution in [0.15, 0.2) is 18.5 Å². The summed E-state index contributed by atoms with van der Waals surface area (Å²) in [6, 6.07) is 1.87. The Bertz CT molecular complexity index is 795. The number of carbonyl (C=O) groups is 1. The van der Waals surface area contributed by atoms with Gasteiger partial charge in [-0.15, -0.1) is 0 Å². The number of nitrogens with one attached hydrogen (secondary N) is 1. The molecule has 9 heteroatoms. The summed E-state index contributed by atoms with van der Waals surface area (Å²) in [6.45, 7) is 10.4. The molecule has 1 fully saturated rings. The Morgan fingerprint density at radius 1 is 1.26 bits per heavy atom. The molecular weight excluding hydrogens is 404 g/mol. The van der Waals surface area contributed by atoms with E-state index in [4.69, 9.17) is 10.5 Å². The molecule has 0 aliphatic heterocycles. The molecule has 176 valence electrons. The molecule has 0 atom stereocenters. The first-order chi connectivity index (χ1) is 14.5. The molecule has 31 heavy (non-hydrogen) atoms. The fourth-order valence-electron chi connectivity index (χ4n) is 2.71. The summed E-state index contributed by atoms with van der Waals surface area (Å²) in [4.78, 5) is 15.9. The summed E-state index contributed by atoms with van der Waals surface area (Å²) in [5.41, 5.74) is 7.36. The van der Waals surface area contributed by atoms with Crippen molar-refractivity contribution < 1.29 is 18.3 Å². The van der Waals surface area contributed by atoms with Crippen molar-refractivity contribution in [2.45, 2.75) is 97.8 Å². The van der Waals surface area contributed by atoms with Crippen molar-refractivity contribution in [1.82, 2.24) is 19.9 Å². The summed E-state index contributed by atoms with van der Waals surface area (Å²) in [5.74, 6) is -2.32. The summed E-state index contributed by atoms with van der Waals surface area (Å²) >= 11 is 0. The van der Waals surface area contributed by atoms with Crippen LogP contribution in [-0.4, -0.2) is 32.2 Å². The van der Waals surface area contributed by atoms with Crippen LogP contribution in [0.2, 0.25) is 0 Å². The molecule has 1 amide bonds. The van der Waals surface area contributed by atoms with E-state index in [2.05, 4.69) is 29.2 Å². The Morgan fingerprint density at radius 2 is 1.87 bits per heavy atom. The van der Waals surface area contributed by atoms with E-state index in [1.165, 1.54) is 6.42 Å². The number of aromatic nitrogens is 3. The largest absolute Gasteiger partial charge is 0.444 e. The maximum Gasteiger partial charge on any atom is 0.407 e. The third kappa shape index (κ3) is 11.1. The molecule has 7 nitrogen and oxygen atoms in total. The zero-order valence-corrected chi connectivity index (χ0v) is 19.4. The average molecular weight is 442 g/mol. The molecule has 2 aromatic heterocycles. The Labute approximate surface area is 183 Å². The highest BCUT2D eigenvalue weighted by Crippen LogP contribution is 2.32. The first-order valence-electron chi connectivity index (χ1n) is 10.9. The van der Waals surface area contributed by atoms with Gasteiger partial charge >= 0.3 is 6.09 Å². The summed E-state index contributed by atoms with van der Waals surface area (Å²) in [7, 11) is 0. The smallest absolute Gasteiger partial charge is 0.407 e. The molecule has 0 saturated heterocycles. The molecule has 1 aliphatic rings. The van der Waals surface area contributed by atoms with Crippen LogP contribution in [0.5, 0.6) is 0 Å².